The Hall–Kier alpha value is -1.62. The van der Waals surface area contributed by atoms with Crippen LogP contribution in [0.2, 0.25) is 0 Å². The van der Waals surface area contributed by atoms with Crippen molar-refractivity contribution in [1.29, 1.82) is 0 Å². The van der Waals surface area contributed by atoms with Crippen LogP contribution in [-0.4, -0.2) is 35.8 Å². The zero-order chi connectivity index (χ0) is 13.9. The van der Waals surface area contributed by atoms with Crippen LogP contribution >= 0.6 is 0 Å². The first-order chi connectivity index (χ1) is 8.99. The van der Waals surface area contributed by atoms with Crippen molar-refractivity contribution in [1.82, 2.24) is 4.90 Å². The molecule has 2 N–H and O–H groups in total. The van der Waals surface area contributed by atoms with Crippen molar-refractivity contribution in [2.24, 2.45) is 5.73 Å². The van der Waals surface area contributed by atoms with Crippen molar-refractivity contribution in [2.45, 2.75) is 31.7 Å². The van der Waals surface area contributed by atoms with E-state index in [1.807, 2.05) is 30.3 Å². The Kier molecular flexibility index (Phi) is 4.04. The normalized spacial score (nSPS) is 27.1. The standard InChI is InChI=1S/C14H19FN2O2/c1-14(16)10-17(8-7-12(14)15)13(18)19-9-11-5-3-2-4-6-11/h2-6,12H,7-10,16H2,1H3. The third kappa shape index (κ3) is 3.44. The van der Waals surface area contributed by atoms with Gasteiger partial charge in [-0.1, -0.05) is 30.3 Å². The SMILES string of the molecule is CC1(N)CN(C(=O)OCc2ccccc2)CCC1F. The fourth-order valence-electron chi connectivity index (χ4n) is 2.15. The minimum Gasteiger partial charge on any atom is -0.445 e. The van der Waals surface area contributed by atoms with Crippen LogP contribution < -0.4 is 5.73 Å². The van der Waals surface area contributed by atoms with E-state index in [1.165, 1.54) is 4.90 Å². The average Bonchev–Trinajstić information content (AvgIpc) is 2.40. The van der Waals surface area contributed by atoms with Gasteiger partial charge in [-0.2, -0.15) is 0 Å². The third-order valence-corrected chi connectivity index (χ3v) is 3.36. The van der Waals surface area contributed by atoms with Crippen LogP contribution in [0.15, 0.2) is 30.3 Å². The van der Waals surface area contributed by atoms with Gasteiger partial charge in [-0.15, -0.1) is 0 Å². The van der Waals surface area contributed by atoms with Crippen LogP contribution in [0, 0.1) is 0 Å². The molecule has 0 bridgehead atoms. The summed E-state index contributed by atoms with van der Waals surface area (Å²) in [6.45, 7) is 2.37. The van der Waals surface area contributed by atoms with E-state index in [1.54, 1.807) is 6.92 Å². The van der Waals surface area contributed by atoms with Gasteiger partial charge in [-0.3, -0.25) is 0 Å². The molecule has 5 heteroatoms. The summed E-state index contributed by atoms with van der Waals surface area (Å²) in [4.78, 5) is 13.4. The van der Waals surface area contributed by atoms with E-state index in [-0.39, 0.29) is 19.6 Å². The zero-order valence-electron chi connectivity index (χ0n) is 11.0. The van der Waals surface area contributed by atoms with Crippen LogP contribution in [0.5, 0.6) is 0 Å². The molecule has 1 heterocycles. The molecule has 0 radical (unpaired) electrons. The van der Waals surface area contributed by atoms with Crippen LogP contribution in [0.4, 0.5) is 9.18 Å². The fourth-order valence-corrected chi connectivity index (χ4v) is 2.15. The summed E-state index contributed by atoms with van der Waals surface area (Å²) in [6, 6.07) is 9.43. The van der Waals surface area contributed by atoms with Crippen molar-refractivity contribution in [2.75, 3.05) is 13.1 Å². The molecule has 1 saturated heterocycles. The Labute approximate surface area is 112 Å². The molecule has 104 valence electrons. The smallest absolute Gasteiger partial charge is 0.410 e. The van der Waals surface area contributed by atoms with Gasteiger partial charge < -0.3 is 15.4 Å². The number of hydrogen-bond donors (Lipinski definition) is 1. The van der Waals surface area contributed by atoms with Gasteiger partial charge in [0.2, 0.25) is 0 Å². The molecule has 0 spiro atoms. The van der Waals surface area contributed by atoms with Gasteiger partial charge in [0.15, 0.2) is 0 Å². The molecule has 0 aromatic heterocycles. The fraction of sp³-hybridized carbons (Fsp3) is 0.500. The van der Waals surface area contributed by atoms with Crippen LogP contribution in [0.3, 0.4) is 0 Å². The number of carbonyl (C=O) groups is 1. The van der Waals surface area contributed by atoms with E-state index in [0.29, 0.717) is 6.54 Å². The predicted molar refractivity (Wildman–Crippen MR) is 70.3 cm³/mol. The minimum absolute atomic E-state index is 0.182. The van der Waals surface area contributed by atoms with E-state index in [0.717, 1.165) is 5.56 Å². The van der Waals surface area contributed by atoms with Gasteiger partial charge in [0.25, 0.3) is 0 Å². The molecule has 1 aliphatic rings. The Morgan fingerprint density at radius 1 is 1.53 bits per heavy atom. The quantitative estimate of drug-likeness (QED) is 0.891. The Morgan fingerprint density at radius 3 is 2.84 bits per heavy atom. The molecule has 1 fully saturated rings. The van der Waals surface area contributed by atoms with Crippen molar-refractivity contribution in [3.8, 4) is 0 Å². The van der Waals surface area contributed by atoms with E-state index in [4.69, 9.17) is 10.5 Å². The van der Waals surface area contributed by atoms with Crippen molar-refractivity contribution in [3.63, 3.8) is 0 Å². The maximum absolute atomic E-state index is 13.5. The summed E-state index contributed by atoms with van der Waals surface area (Å²) in [5, 5.41) is 0. The topological polar surface area (TPSA) is 55.6 Å². The van der Waals surface area contributed by atoms with E-state index >= 15 is 0 Å². The number of alkyl halides is 1. The summed E-state index contributed by atoms with van der Waals surface area (Å²) in [6.07, 6.45) is -1.26. The average molecular weight is 266 g/mol. The summed E-state index contributed by atoms with van der Waals surface area (Å²) in [5.41, 5.74) is 5.76. The van der Waals surface area contributed by atoms with Gasteiger partial charge in [-0.25, -0.2) is 9.18 Å². The summed E-state index contributed by atoms with van der Waals surface area (Å²) in [5.74, 6) is 0. The number of rotatable bonds is 2. The number of amides is 1. The lowest BCUT2D eigenvalue weighted by Gasteiger charge is -2.39. The van der Waals surface area contributed by atoms with Gasteiger partial charge in [0, 0.05) is 13.1 Å². The highest BCUT2D eigenvalue weighted by Crippen LogP contribution is 2.22. The largest absolute Gasteiger partial charge is 0.445 e. The second-order valence-corrected chi connectivity index (χ2v) is 5.22. The molecule has 2 unspecified atom stereocenters. The maximum atomic E-state index is 13.5. The highest BCUT2D eigenvalue weighted by atomic mass is 19.1. The van der Waals surface area contributed by atoms with Crippen LogP contribution in [0.1, 0.15) is 18.9 Å². The van der Waals surface area contributed by atoms with Crippen LogP contribution in [0.25, 0.3) is 0 Å². The Balaban J connectivity index is 1.87. The molecule has 4 nitrogen and oxygen atoms in total. The number of piperidine rings is 1. The van der Waals surface area contributed by atoms with Crippen molar-refractivity contribution < 1.29 is 13.9 Å². The first kappa shape index (κ1) is 13.8. The number of ether oxygens (including phenoxy) is 1. The van der Waals surface area contributed by atoms with Gasteiger partial charge in [0.1, 0.15) is 12.8 Å². The lowest BCUT2D eigenvalue weighted by molar-refractivity contribution is 0.0470. The first-order valence-corrected chi connectivity index (χ1v) is 6.37. The van der Waals surface area contributed by atoms with E-state index < -0.39 is 17.8 Å². The highest BCUT2D eigenvalue weighted by Gasteiger charge is 2.38. The summed E-state index contributed by atoms with van der Waals surface area (Å²) < 4.78 is 18.8. The Bertz CT molecular complexity index is 436. The first-order valence-electron chi connectivity index (χ1n) is 6.37. The summed E-state index contributed by atoms with van der Waals surface area (Å²) >= 11 is 0. The molecule has 0 aliphatic carbocycles. The number of halogens is 1. The molecule has 1 aromatic carbocycles. The zero-order valence-corrected chi connectivity index (χ0v) is 11.0. The van der Waals surface area contributed by atoms with E-state index in [9.17, 15) is 9.18 Å². The number of likely N-dealkylation sites (tertiary alicyclic amines) is 1. The van der Waals surface area contributed by atoms with Crippen molar-refractivity contribution in [3.05, 3.63) is 35.9 Å². The molecule has 1 aromatic rings. The lowest BCUT2D eigenvalue weighted by atomic mass is 9.90. The highest BCUT2D eigenvalue weighted by molar-refractivity contribution is 5.68. The van der Waals surface area contributed by atoms with Gasteiger partial charge in [-0.05, 0) is 18.9 Å². The third-order valence-electron chi connectivity index (χ3n) is 3.36. The second-order valence-electron chi connectivity index (χ2n) is 5.22. The number of hydrogen-bond acceptors (Lipinski definition) is 3. The Morgan fingerprint density at radius 2 is 2.21 bits per heavy atom. The monoisotopic (exact) mass is 266 g/mol. The second kappa shape index (κ2) is 5.57. The molecule has 1 aliphatic heterocycles. The number of nitrogens with two attached hydrogens (primary N) is 1. The lowest BCUT2D eigenvalue weighted by Crippen LogP contribution is -2.60. The van der Waals surface area contributed by atoms with Gasteiger partial charge in [0.05, 0.1) is 5.54 Å². The van der Waals surface area contributed by atoms with Gasteiger partial charge >= 0.3 is 6.09 Å². The number of benzene rings is 1. The number of carbonyl (C=O) groups excluding carboxylic acids is 1. The van der Waals surface area contributed by atoms with Crippen LogP contribution in [-0.2, 0) is 11.3 Å². The molecule has 1 amide bonds. The predicted octanol–water partition coefficient (Wildman–Crippen LogP) is 2.08. The maximum Gasteiger partial charge on any atom is 0.410 e. The molecular formula is C14H19FN2O2. The summed E-state index contributed by atoms with van der Waals surface area (Å²) in [7, 11) is 0. The molecule has 19 heavy (non-hydrogen) atoms. The molecule has 0 saturated carbocycles. The van der Waals surface area contributed by atoms with E-state index in [2.05, 4.69) is 0 Å². The van der Waals surface area contributed by atoms with Crippen molar-refractivity contribution >= 4 is 6.09 Å². The minimum atomic E-state index is -1.08. The molecular weight excluding hydrogens is 247 g/mol. The molecule has 2 rings (SSSR count). The number of nitrogens with zero attached hydrogens (tertiary/aromatic N) is 1. The molecule has 2 atom stereocenters.